The number of likely N-dealkylation sites (N-methyl/N-ethyl adjacent to an activating group) is 1. The number of nitrogens with zero attached hydrogens (tertiary/aromatic N) is 3. The maximum Gasteiger partial charge on any atom is 0.247 e. The molecule has 5 rings (SSSR count). The molecule has 9 heteroatoms. The van der Waals surface area contributed by atoms with Gasteiger partial charge in [0.1, 0.15) is 0 Å². The highest BCUT2D eigenvalue weighted by atomic mass is 16.5. The van der Waals surface area contributed by atoms with E-state index in [1.54, 1.807) is 21.3 Å². The van der Waals surface area contributed by atoms with Crippen LogP contribution in [-0.4, -0.2) is 66.9 Å². The van der Waals surface area contributed by atoms with Gasteiger partial charge in [0.2, 0.25) is 17.7 Å². The second-order valence-corrected chi connectivity index (χ2v) is 10.0. The molecule has 1 fully saturated rings. The monoisotopic (exact) mass is 517 g/mol. The average molecular weight is 518 g/mol. The Hall–Kier alpha value is -3.85. The van der Waals surface area contributed by atoms with Gasteiger partial charge in [-0.1, -0.05) is 13.8 Å². The highest BCUT2D eigenvalue weighted by Gasteiger charge is 2.27. The minimum absolute atomic E-state index is 0.130. The summed E-state index contributed by atoms with van der Waals surface area (Å²) in [7, 11) is 5.07. The Labute approximate surface area is 222 Å². The van der Waals surface area contributed by atoms with Gasteiger partial charge in [-0.3, -0.25) is 4.79 Å². The number of amides is 1. The summed E-state index contributed by atoms with van der Waals surface area (Å²) in [5.74, 6) is 3.11. The van der Waals surface area contributed by atoms with E-state index in [2.05, 4.69) is 46.5 Å². The zero-order valence-electron chi connectivity index (χ0n) is 22.6. The van der Waals surface area contributed by atoms with E-state index in [1.807, 2.05) is 29.2 Å². The van der Waals surface area contributed by atoms with Crippen molar-refractivity contribution < 1.29 is 18.7 Å². The van der Waals surface area contributed by atoms with Crippen LogP contribution in [0.3, 0.4) is 0 Å². The Morgan fingerprint density at radius 3 is 2.50 bits per heavy atom. The van der Waals surface area contributed by atoms with Crippen LogP contribution in [-0.2, 0) is 4.79 Å². The zero-order chi connectivity index (χ0) is 26.8. The molecule has 1 aliphatic rings. The molecular formula is C29H35N5O4. The number of hydrogen-bond acceptors (Lipinski definition) is 7. The number of carbonyl (C=O) groups excluding carboxylic acids is 1. The maximum atomic E-state index is 12.2. The van der Waals surface area contributed by atoms with Crippen molar-refractivity contribution in [1.29, 1.82) is 0 Å². The molecule has 0 saturated carbocycles. The van der Waals surface area contributed by atoms with Crippen molar-refractivity contribution in [2.75, 3.05) is 40.9 Å². The number of aromatic nitrogens is 3. The molecule has 0 atom stereocenters. The van der Waals surface area contributed by atoms with Gasteiger partial charge in [-0.2, -0.15) is 0 Å². The van der Waals surface area contributed by atoms with Crippen LogP contribution in [0.25, 0.3) is 33.6 Å². The predicted molar refractivity (Wildman–Crippen MR) is 147 cm³/mol. The van der Waals surface area contributed by atoms with Gasteiger partial charge >= 0.3 is 0 Å². The van der Waals surface area contributed by atoms with Gasteiger partial charge in [0.05, 0.1) is 26.5 Å². The fourth-order valence-electron chi connectivity index (χ4n) is 5.32. The van der Waals surface area contributed by atoms with Crippen molar-refractivity contribution in [2.45, 2.75) is 38.5 Å². The lowest BCUT2D eigenvalue weighted by atomic mass is 9.95. The summed E-state index contributed by atoms with van der Waals surface area (Å²) in [5.41, 5.74) is 5.23. The van der Waals surface area contributed by atoms with Crippen LogP contribution in [0.2, 0.25) is 0 Å². The number of aromatic amines is 1. The Bertz CT molecular complexity index is 1430. The molecule has 1 saturated heterocycles. The Balaban J connectivity index is 1.43. The summed E-state index contributed by atoms with van der Waals surface area (Å²) in [4.78, 5) is 17.7. The zero-order valence-corrected chi connectivity index (χ0v) is 22.6. The first-order valence-electron chi connectivity index (χ1n) is 13.1. The largest absolute Gasteiger partial charge is 0.493 e. The van der Waals surface area contributed by atoms with Gasteiger partial charge < -0.3 is 29.1 Å². The summed E-state index contributed by atoms with van der Waals surface area (Å²) in [6.07, 6.45) is 1.64. The number of fused-ring (bicyclic) bond motifs is 1. The topological polar surface area (TPSA) is 106 Å². The summed E-state index contributed by atoms with van der Waals surface area (Å²) in [6.45, 7) is 6.16. The molecule has 0 spiro atoms. The Morgan fingerprint density at radius 1 is 1.08 bits per heavy atom. The second kappa shape index (κ2) is 10.9. The highest BCUT2D eigenvalue weighted by Crippen LogP contribution is 2.40. The number of benzene rings is 2. The summed E-state index contributed by atoms with van der Waals surface area (Å²) < 4.78 is 17.1. The molecule has 2 N–H and O–H groups in total. The van der Waals surface area contributed by atoms with Gasteiger partial charge in [-0.05, 0) is 67.8 Å². The Morgan fingerprint density at radius 2 is 1.82 bits per heavy atom. The molecule has 3 heterocycles. The third-order valence-corrected chi connectivity index (χ3v) is 7.30. The first-order chi connectivity index (χ1) is 18.4. The van der Waals surface area contributed by atoms with Gasteiger partial charge in [0.25, 0.3) is 0 Å². The molecule has 0 bridgehead atoms. The van der Waals surface area contributed by atoms with Gasteiger partial charge in [-0.25, -0.2) is 0 Å². The van der Waals surface area contributed by atoms with E-state index in [9.17, 15) is 4.79 Å². The molecule has 0 unspecified atom stereocenters. The number of ether oxygens (including phenoxy) is 2. The molecule has 2 aromatic carbocycles. The molecule has 0 aliphatic carbocycles. The van der Waals surface area contributed by atoms with Crippen LogP contribution in [0.1, 0.15) is 50.0 Å². The van der Waals surface area contributed by atoms with Crippen molar-refractivity contribution in [3.05, 3.63) is 47.9 Å². The molecular weight excluding hydrogens is 482 g/mol. The van der Waals surface area contributed by atoms with E-state index < -0.39 is 0 Å². The molecule has 2 aromatic heterocycles. The van der Waals surface area contributed by atoms with Crippen molar-refractivity contribution >= 4 is 16.8 Å². The number of H-pyrrole nitrogens is 1. The molecule has 1 aliphatic heterocycles. The quantitative estimate of drug-likeness (QED) is 0.341. The molecule has 38 heavy (non-hydrogen) atoms. The van der Waals surface area contributed by atoms with Crippen LogP contribution in [0.4, 0.5) is 0 Å². The van der Waals surface area contributed by atoms with Crippen molar-refractivity contribution in [1.82, 2.24) is 25.4 Å². The minimum atomic E-state index is 0.130. The van der Waals surface area contributed by atoms with Crippen LogP contribution in [0.15, 0.2) is 40.8 Å². The van der Waals surface area contributed by atoms with Crippen molar-refractivity contribution in [3.63, 3.8) is 0 Å². The molecule has 200 valence electrons. The summed E-state index contributed by atoms with van der Waals surface area (Å²) in [6, 6.07) is 12.2. The van der Waals surface area contributed by atoms with E-state index in [0.29, 0.717) is 42.9 Å². The molecule has 0 radical (unpaired) electrons. The number of piperidine rings is 1. The van der Waals surface area contributed by atoms with E-state index in [0.717, 1.165) is 40.6 Å². The third-order valence-electron chi connectivity index (χ3n) is 7.30. The second-order valence-electron chi connectivity index (χ2n) is 10.0. The normalized spacial score (nSPS) is 14.4. The standard InChI is InChI=1S/C29H35N5O4/c1-17(2)26-21-14-20(6-8-22(21)31-27(26)19-7-9-23(36-4)24(15-19)37-5)29-33-32-28(38-29)18-10-12-34(13-11-18)25(35)16-30-3/h6-9,14-15,17-18,30-31H,10-13,16H2,1-5H3. The lowest BCUT2D eigenvalue weighted by Crippen LogP contribution is -2.41. The number of nitrogens with one attached hydrogen (secondary N) is 2. The van der Waals surface area contributed by atoms with Crippen LogP contribution in [0, 0.1) is 0 Å². The SMILES string of the molecule is CNCC(=O)N1CCC(c2nnc(-c3ccc4[nH]c(-c5ccc(OC)c(OC)c5)c(C(C)C)c4c3)o2)CC1. The fraction of sp³-hybridized carbons (Fsp3) is 0.414. The van der Waals surface area contributed by atoms with Gasteiger partial charge in [0.15, 0.2) is 11.5 Å². The fourth-order valence-corrected chi connectivity index (χ4v) is 5.32. The summed E-state index contributed by atoms with van der Waals surface area (Å²) >= 11 is 0. The maximum absolute atomic E-state index is 12.2. The average Bonchev–Trinajstić information content (AvgIpc) is 3.58. The lowest BCUT2D eigenvalue weighted by molar-refractivity contribution is -0.131. The molecule has 1 amide bonds. The molecule has 9 nitrogen and oxygen atoms in total. The molecule has 4 aromatic rings. The van der Waals surface area contributed by atoms with Crippen LogP contribution >= 0.6 is 0 Å². The van der Waals surface area contributed by atoms with Crippen LogP contribution in [0.5, 0.6) is 11.5 Å². The lowest BCUT2D eigenvalue weighted by Gasteiger charge is -2.30. The number of hydrogen-bond donors (Lipinski definition) is 2. The third kappa shape index (κ3) is 4.86. The van der Waals surface area contributed by atoms with E-state index in [1.165, 1.54) is 5.56 Å². The van der Waals surface area contributed by atoms with Gasteiger partial charge in [-0.15, -0.1) is 10.2 Å². The highest BCUT2D eigenvalue weighted by molar-refractivity contribution is 5.94. The first-order valence-corrected chi connectivity index (χ1v) is 13.1. The predicted octanol–water partition coefficient (Wildman–Crippen LogP) is 4.95. The number of likely N-dealkylation sites (tertiary alicyclic amines) is 1. The number of rotatable bonds is 8. The number of methoxy groups -OCH3 is 2. The van der Waals surface area contributed by atoms with E-state index in [-0.39, 0.29) is 17.7 Å². The Kier molecular flexibility index (Phi) is 7.37. The van der Waals surface area contributed by atoms with E-state index in [4.69, 9.17) is 13.9 Å². The van der Waals surface area contributed by atoms with Crippen molar-refractivity contribution in [2.24, 2.45) is 0 Å². The van der Waals surface area contributed by atoms with Crippen LogP contribution < -0.4 is 14.8 Å². The smallest absolute Gasteiger partial charge is 0.247 e. The van der Waals surface area contributed by atoms with Gasteiger partial charge in [0, 0.05) is 41.0 Å². The van der Waals surface area contributed by atoms with Crippen molar-refractivity contribution in [3.8, 4) is 34.2 Å². The van der Waals surface area contributed by atoms with E-state index >= 15 is 0 Å². The summed E-state index contributed by atoms with van der Waals surface area (Å²) in [5, 5.41) is 12.8. The first kappa shape index (κ1) is 25.8. The number of carbonyl (C=O) groups is 1. The minimum Gasteiger partial charge on any atom is -0.493 e.